The van der Waals surface area contributed by atoms with Crippen molar-refractivity contribution in [3.8, 4) is 5.75 Å². The molecule has 2 N–H and O–H groups in total. The Labute approximate surface area is 129 Å². The monoisotopic (exact) mass is 353 g/mol. The number of anilines is 1. The molecule has 6 heteroatoms. The predicted octanol–water partition coefficient (Wildman–Crippen LogP) is 3.54. The van der Waals surface area contributed by atoms with Crippen molar-refractivity contribution in [2.24, 2.45) is 0 Å². The van der Waals surface area contributed by atoms with Gasteiger partial charge in [-0.15, -0.1) is 0 Å². The van der Waals surface area contributed by atoms with Gasteiger partial charge in [0.2, 0.25) is 0 Å². The first-order valence-corrected chi connectivity index (χ1v) is 6.85. The minimum Gasteiger partial charge on any atom is -0.494 e. The Morgan fingerprint density at radius 2 is 2.05 bits per heavy atom. The molecule has 2 aromatic rings. The third-order valence-electron chi connectivity index (χ3n) is 2.82. The highest BCUT2D eigenvalue weighted by molar-refractivity contribution is 9.10. The topological polar surface area (TPSA) is 61.5 Å². The van der Waals surface area contributed by atoms with E-state index in [-0.39, 0.29) is 17.9 Å². The smallest absolute Gasteiger partial charge is 0.340 e. The lowest BCUT2D eigenvalue weighted by Crippen LogP contribution is -2.08. The van der Waals surface area contributed by atoms with Gasteiger partial charge in [0.15, 0.2) is 11.6 Å². The summed E-state index contributed by atoms with van der Waals surface area (Å²) in [5, 5.41) is 0. The fourth-order valence-electron chi connectivity index (χ4n) is 1.73. The molecule has 0 aliphatic rings. The van der Waals surface area contributed by atoms with Gasteiger partial charge in [0.1, 0.15) is 6.61 Å². The van der Waals surface area contributed by atoms with Gasteiger partial charge < -0.3 is 15.2 Å². The molecule has 0 fully saturated rings. The average molecular weight is 354 g/mol. The van der Waals surface area contributed by atoms with Crippen molar-refractivity contribution in [1.29, 1.82) is 0 Å². The van der Waals surface area contributed by atoms with Crippen LogP contribution in [0.3, 0.4) is 0 Å². The maximum Gasteiger partial charge on any atom is 0.340 e. The zero-order valence-electron chi connectivity index (χ0n) is 11.2. The van der Waals surface area contributed by atoms with Gasteiger partial charge in [0.25, 0.3) is 0 Å². The summed E-state index contributed by atoms with van der Waals surface area (Å²) in [6.45, 7) is -0.0499. The average Bonchev–Trinajstić information content (AvgIpc) is 2.47. The van der Waals surface area contributed by atoms with Crippen LogP contribution in [0.2, 0.25) is 0 Å². The van der Waals surface area contributed by atoms with Gasteiger partial charge >= 0.3 is 5.97 Å². The van der Waals surface area contributed by atoms with E-state index in [1.807, 2.05) is 0 Å². The summed E-state index contributed by atoms with van der Waals surface area (Å²) in [6.07, 6.45) is 0. The Balaban J connectivity index is 2.07. The Morgan fingerprint density at radius 1 is 1.29 bits per heavy atom. The molecule has 0 aromatic heterocycles. The quantitative estimate of drug-likeness (QED) is 0.674. The molecular weight excluding hydrogens is 341 g/mol. The van der Waals surface area contributed by atoms with Gasteiger partial charge in [0, 0.05) is 10.2 Å². The van der Waals surface area contributed by atoms with Crippen LogP contribution in [0, 0.1) is 5.82 Å². The molecule has 21 heavy (non-hydrogen) atoms. The molecule has 0 atom stereocenters. The van der Waals surface area contributed by atoms with Crippen molar-refractivity contribution < 1.29 is 18.7 Å². The fourth-order valence-corrected chi connectivity index (χ4v) is 2.09. The van der Waals surface area contributed by atoms with Crippen LogP contribution < -0.4 is 10.5 Å². The Kier molecular flexibility index (Phi) is 4.80. The first kappa shape index (κ1) is 15.3. The number of hydrogen-bond donors (Lipinski definition) is 1. The number of nitrogens with two attached hydrogens (primary N) is 1. The van der Waals surface area contributed by atoms with E-state index in [4.69, 9.17) is 15.2 Å². The van der Waals surface area contributed by atoms with Crippen LogP contribution in [0.4, 0.5) is 10.1 Å². The zero-order valence-corrected chi connectivity index (χ0v) is 12.8. The fraction of sp³-hybridized carbons (Fsp3) is 0.133. The molecule has 0 heterocycles. The molecular formula is C15H13BrFNO3. The molecule has 0 radical (unpaired) electrons. The summed E-state index contributed by atoms with van der Waals surface area (Å²) < 4.78 is 24.2. The van der Waals surface area contributed by atoms with Crippen LogP contribution in [0.5, 0.6) is 5.75 Å². The number of ether oxygens (including phenoxy) is 2. The summed E-state index contributed by atoms with van der Waals surface area (Å²) in [4.78, 5) is 12.0. The molecule has 110 valence electrons. The number of carbonyl (C=O) groups is 1. The molecule has 4 nitrogen and oxygen atoms in total. The Bertz CT molecular complexity index is 676. The number of halogens is 2. The molecule has 0 aliphatic carbocycles. The molecule has 0 amide bonds. The third-order valence-corrected chi connectivity index (χ3v) is 3.31. The third kappa shape index (κ3) is 3.72. The lowest BCUT2D eigenvalue weighted by atomic mass is 10.2. The molecule has 0 unspecified atom stereocenters. The van der Waals surface area contributed by atoms with Crippen molar-refractivity contribution in [1.82, 2.24) is 0 Å². The van der Waals surface area contributed by atoms with E-state index in [1.165, 1.54) is 19.2 Å². The van der Waals surface area contributed by atoms with E-state index < -0.39 is 11.8 Å². The molecule has 2 aromatic carbocycles. The second-order valence-corrected chi connectivity index (χ2v) is 5.19. The highest BCUT2D eigenvalue weighted by atomic mass is 79.9. The van der Waals surface area contributed by atoms with E-state index in [2.05, 4.69) is 15.9 Å². The van der Waals surface area contributed by atoms with Gasteiger partial charge in [0.05, 0.1) is 12.7 Å². The SMILES string of the molecule is COc1ccc(COC(=O)c2cc(Br)ccc2N)cc1F. The first-order valence-electron chi connectivity index (χ1n) is 6.06. The zero-order chi connectivity index (χ0) is 15.4. The standard InChI is InChI=1S/C15H13BrFNO3/c1-20-14-5-2-9(6-12(14)17)8-21-15(19)11-7-10(16)3-4-13(11)18/h2-7H,8,18H2,1H3. The minimum atomic E-state index is -0.565. The van der Waals surface area contributed by atoms with Gasteiger partial charge in [-0.05, 0) is 35.9 Å². The van der Waals surface area contributed by atoms with Crippen LogP contribution >= 0.6 is 15.9 Å². The molecule has 0 spiro atoms. The summed E-state index contributed by atoms with van der Waals surface area (Å²) in [6, 6.07) is 9.27. The summed E-state index contributed by atoms with van der Waals surface area (Å²) >= 11 is 3.26. The summed E-state index contributed by atoms with van der Waals surface area (Å²) in [5.41, 5.74) is 6.83. The maximum absolute atomic E-state index is 13.5. The number of benzene rings is 2. The van der Waals surface area contributed by atoms with Crippen molar-refractivity contribution in [3.63, 3.8) is 0 Å². The number of rotatable bonds is 4. The maximum atomic E-state index is 13.5. The number of methoxy groups -OCH3 is 1. The van der Waals surface area contributed by atoms with Gasteiger partial charge in [-0.1, -0.05) is 22.0 Å². The van der Waals surface area contributed by atoms with Crippen LogP contribution in [0.15, 0.2) is 40.9 Å². The summed E-state index contributed by atoms with van der Waals surface area (Å²) in [7, 11) is 1.38. The lowest BCUT2D eigenvalue weighted by Gasteiger charge is -2.08. The van der Waals surface area contributed by atoms with Crippen molar-refractivity contribution in [2.45, 2.75) is 6.61 Å². The highest BCUT2D eigenvalue weighted by Crippen LogP contribution is 2.21. The van der Waals surface area contributed by atoms with E-state index in [0.717, 1.165) is 4.47 Å². The van der Waals surface area contributed by atoms with Crippen molar-refractivity contribution in [3.05, 3.63) is 57.8 Å². The second kappa shape index (κ2) is 6.58. The van der Waals surface area contributed by atoms with Gasteiger partial charge in [-0.2, -0.15) is 0 Å². The van der Waals surface area contributed by atoms with Gasteiger partial charge in [-0.25, -0.2) is 9.18 Å². The number of hydrogen-bond acceptors (Lipinski definition) is 4. The van der Waals surface area contributed by atoms with Crippen LogP contribution in [0.1, 0.15) is 15.9 Å². The number of nitrogen functional groups attached to an aromatic ring is 1. The normalized spacial score (nSPS) is 10.2. The van der Waals surface area contributed by atoms with E-state index >= 15 is 0 Å². The first-order chi connectivity index (χ1) is 10.0. The Hall–Kier alpha value is -2.08. The van der Waals surface area contributed by atoms with Crippen LogP contribution in [-0.2, 0) is 11.3 Å². The number of carbonyl (C=O) groups excluding carboxylic acids is 1. The predicted molar refractivity (Wildman–Crippen MR) is 80.6 cm³/mol. The van der Waals surface area contributed by atoms with Crippen LogP contribution in [-0.4, -0.2) is 13.1 Å². The summed E-state index contributed by atoms with van der Waals surface area (Å²) in [5.74, 6) is -0.931. The van der Waals surface area contributed by atoms with E-state index in [9.17, 15) is 9.18 Å². The van der Waals surface area contributed by atoms with E-state index in [1.54, 1.807) is 24.3 Å². The molecule has 0 saturated heterocycles. The van der Waals surface area contributed by atoms with Crippen molar-refractivity contribution in [2.75, 3.05) is 12.8 Å². The van der Waals surface area contributed by atoms with Crippen molar-refractivity contribution >= 4 is 27.6 Å². The second-order valence-electron chi connectivity index (χ2n) is 4.28. The lowest BCUT2D eigenvalue weighted by molar-refractivity contribution is 0.0473. The minimum absolute atomic E-state index is 0.0499. The largest absolute Gasteiger partial charge is 0.494 e. The molecule has 0 bridgehead atoms. The number of esters is 1. The molecule has 0 saturated carbocycles. The van der Waals surface area contributed by atoms with Gasteiger partial charge in [-0.3, -0.25) is 0 Å². The highest BCUT2D eigenvalue weighted by Gasteiger charge is 2.12. The van der Waals surface area contributed by atoms with E-state index in [0.29, 0.717) is 11.3 Å². The van der Waals surface area contributed by atoms with Crippen LogP contribution in [0.25, 0.3) is 0 Å². The Morgan fingerprint density at radius 3 is 2.71 bits per heavy atom. The molecule has 2 rings (SSSR count). The molecule has 0 aliphatic heterocycles.